The molecule has 0 radical (unpaired) electrons. The van der Waals surface area contributed by atoms with E-state index in [1.807, 2.05) is 0 Å². The second kappa shape index (κ2) is 7.28. The van der Waals surface area contributed by atoms with Crippen molar-refractivity contribution >= 4 is 0 Å². The summed E-state index contributed by atoms with van der Waals surface area (Å²) in [7, 11) is 1.72. The number of benzene rings is 2. The van der Waals surface area contributed by atoms with Gasteiger partial charge in [-0.3, -0.25) is 4.79 Å². The highest BCUT2D eigenvalue weighted by Crippen LogP contribution is 2.33. The van der Waals surface area contributed by atoms with Gasteiger partial charge in [-0.1, -0.05) is 18.2 Å². The molecule has 7 heteroatoms. The predicted octanol–water partition coefficient (Wildman–Crippen LogP) is 4.36. The Morgan fingerprint density at radius 3 is 2.37 bits per heavy atom. The number of pyridine rings is 1. The number of nitrogens with zero attached hydrogens (tertiary/aromatic N) is 1. The predicted molar refractivity (Wildman–Crippen MR) is 94.6 cm³/mol. The minimum Gasteiger partial charge on any atom is -0.457 e. The van der Waals surface area contributed by atoms with Crippen molar-refractivity contribution in [2.75, 3.05) is 0 Å². The number of aromatic nitrogens is 1. The lowest BCUT2D eigenvalue weighted by Crippen LogP contribution is -2.12. The van der Waals surface area contributed by atoms with E-state index in [9.17, 15) is 23.1 Å². The maximum Gasteiger partial charge on any atom is 0.416 e. The minimum absolute atomic E-state index is 0.0702. The maximum absolute atomic E-state index is 12.8. The second-order valence-electron chi connectivity index (χ2n) is 5.96. The summed E-state index contributed by atoms with van der Waals surface area (Å²) in [4.78, 5) is 12.2. The molecule has 0 bridgehead atoms. The van der Waals surface area contributed by atoms with E-state index in [1.165, 1.54) is 18.2 Å². The van der Waals surface area contributed by atoms with Crippen molar-refractivity contribution < 1.29 is 23.0 Å². The third-order valence-corrected chi connectivity index (χ3v) is 4.06. The number of rotatable bonds is 4. The first kappa shape index (κ1) is 18.7. The molecule has 0 amide bonds. The van der Waals surface area contributed by atoms with Gasteiger partial charge in [0.05, 0.1) is 12.2 Å². The van der Waals surface area contributed by atoms with E-state index in [0.717, 1.165) is 12.1 Å². The van der Waals surface area contributed by atoms with Crippen molar-refractivity contribution in [1.29, 1.82) is 0 Å². The second-order valence-corrected chi connectivity index (χ2v) is 5.96. The van der Waals surface area contributed by atoms with Crippen molar-refractivity contribution in [2.45, 2.75) is 12.8 Å². The number of aryl methyl sites for hydroxylation is 1. The van der Waals surface area contributed by atoms with Gasteiger partial charge in [0.2, 0.25) is 0 Å². The fourth-order valence-corrected chi connectivity index (χ4v) is 2.62. The van der Waals surface area contributed by atoms with Crippen LogP contribution >= 0.6 is 0 Å². The molecule has 140 valence electrons. The molecule has 0 fully saturated rings. The topological polar surface area (TPSA) is 51.5 Å². The summed E-state index contributed by atoms with van der Waals surface area (Å²) >= 11 is 0. The standard InChI is InChI=1S/C20H16F3NO3/c1-24-11-18(19(26)10-15(24)12-25)13-5-7-16(8-6-13)27-17-4-2-3-14(9-17)20(21,22)23/h2-11,25H,12H2,1H3. The quantitative estimate of drug-likeness (QED) is 0.737. The van der Waals surface area contributed by atoms with Gasteiger partial charge in [-0.15, -0.1) is 0 Å². The summed E-state index contributed by atoms with van der Waals surface area (Å²) < 4.78 is 45.4. The van der Waals surface area contributed by atoms with Crippen molar-refractivity contribution in [3.05, 3.63) is 82.3 Å². The average Bonchev–Trinajstić information content (AvgIpc) is 2.63. The van der Waals surface area contributed by atoms with Crippen LogP contribution in [0.2, 0.25) is 0 Å². The minimum atomic E-state index is -4.44. The Labute approximate surface area is 153 Å². The zero-order valence-corrected chi connectivity index (χ0v) is 14.3. The molecule has 4 nitrogen and oxygen atoms in total. The average molecular weight is 375 g/mol. The van der Waals surface area contributed by atoms with E-state index in [-0.39, 0.29) is 17.8 Å². The van der Waals surface area contributed by atoms with E-state index >= 15 is 0 Å². The van der Waals surface area contributed by atoms with E-state index in [1.54, 1.807) is 42.1 Å². The molecule has 0 unspecified atom stereocenters. The molecule has 1 heterocycles. The van der Waals surface area contributed by atoms with Gasteiger partial charge >= 0.3 is 6.18 Å². The Bertz CT molecular complexity index is 1010. The van der Waals surface area contributed by atoms with Crippen LogP contribution in [0.15, 0.2) is 65.6 Å². The molecule has 0 saturated carbocycles. The number of alkyl halides is 3. The Kier molecular flexibility index (Phi) is 5.05. The molecular weight excluding hydrogens is 359 g/mol. The lowest BCUT2D eigenvalue weighted by atomic mass is 10.1. The molecule has 2 aromatic carbocycles. The number of aliphatic hydroxyl groups excluding tert-OH is 1. The van der Waals surface area contributed by atoms with Crippen molar-refractivity contribution in [3.8, 4) is 22.6 Å². The van der Waals surface area contributed by atoms with Gasteiger partial charge in [0, 0.05) is 30.6 Å². The summed E-state index contributed by atoms with van der Waals surface area (Å²) in [5, 5.41) is 9.20. The van der Waals surface area contributed by atoms with E-state index < -0.39 is 11.7 Å². The zero-order valence-electron chi connectivity index (χ0n) is 14.3. The fraction of sp³-hybridized carbons (Fsp3) is 0.150. The number of halogens is 3. The van der Waals surface area contributed by atoms with Crippen LogP contribution in [0.25, 0.3) is 11.1 Å². The SMILES string of the molecule is Cn1cc(-c2ccc(Oc3cccc(C(F)(F)F)c3)cc2)c(=O)cc1CO. The monoisotopic (exact) mass is 375 g/mol. The van der Waals surface area contributed by atoms with Gasteiger partial charge in [0.25, 0.3) is 0 Å². The molecule has 0 aliphatic heterocycles. The first-order chi connectivity index (χ1) is 12.8. The highest BCUT2D eigenvalue weighted by Gasteiger charge is 2.30. The van der Waals surface area contributed by atoms with Crippen LogP contribution in [0.3, 0.4) is 0 Å². The fourth-order valence-electron chi connectivity index (χ4n) is 2.62. The largest absolute Gasteiger partial charge is 0.457 e. The zero-order chi connectivity index (χ0) is 19.6. The number of aliphatic hydroxyl groups is 1. The van der Waals surface area contributed by atoms with E-state index in [4.69, 9.17) is 4.74 Å². The van der Waals surface area contributed by atoms with Crippen molar-refractivity contribution in [2.24, 2.45) is 7.05 Å². The third kappa shape index (κ3) is 4.20. The molecule has 0 aliphatic carbocycles. The molecule has 0 saturated heterocycles. The lowest BCUT2D eigenvalue weighted by molar-refractivity contribution is -0.137. The molecule has 0 aliphatic rings. The maximum atomic E-state index is 12.8. The lowest BCUT2D eigenvalue weighted by Gasteiger charge is -2.11. The molecule has 0 atom stereocenters. The van der Waals surface area contributed by atoms with E-state index in [0.29, 0.717) is 22.6 Å². The normalized spacial score (nSPS) is 11.4. The highest BCUT2D eigenvalue weighted by atomic mass is 19.4. The molecule has 3 rings (SSSR count). The Balaban J connectivity index is 1.85. The van der Waals surface area contributed by atoms with Crippen molar-refractivity contribution in [1.82, 2.24) is 4.57 Å². The molecule has 3 aromatic rings. The number of hydrogen-bond donors (Lipinski definition) is 1. The molecule has 1 N–H and O–H groups in total. The molecular formula is C20H16F3NO3. The van der Waals surface area contributed by atoms with Crippen LogP contribution in [0.5, 0.6) is 11.5 Å². The van der Waals surface area contributed by atoms with Gasteiger partial charge < -0.3 is 14.4 Å². The van der Waals surface area contributed by atoms with Gasteiger partial charge in [-0.05, 0) is 35.9 Å². The van der Waals surface area contributed by atoms with Crippen LogP contribution in [0.4, 0.5) is 13.2 Å². The Morgan fingerprint density at radius 2 is 1.74 bits per heavy atom. The van der Waals surface area contributed by atoms with Gasteiger partial charge in [0.1, 0.15) is 11.5 Å². The summed E-state index contributed by atoms with van der Waals surface area (Å²) in [5.74, 6) is 0.419. The molecule has 0 spiro atoms. The Hall–Kier alpha value is -3.06. The molecule has 27 heavy (non-hydrogen) atoms. The Morgan fingerprint density at radius 1 is 1.04 bits per heavy atom. The number of hydrogen-bond acceptors (Lipinski definition) is 3. The van der Waals surface area contributed by atoms with Crippen LogP contribution < -0.4 is 10.2 Å². The smallest absolute Gasteiger partial charge is 0.416 e. The van der Waals surface area contributed by atoms with E-state index in [2.05, 4.69) is 0 Å². The van der Waals surface area contributed by atoms with Crippen LogP contribution in [0, 0.1) is 0 Å². The first-order valence-electron chi connectivity index (χ1n) is 8.04. The highest BCUT2D eigenvalue weighted by molar-refractivity contribution is 5.63. The van der Waals surface area contributed by atoms with Crippen molar-refractivity contribution in [3.63, 3.8) is 0 Å². The van der Waals surface area contributed by atoms with Gasteiger partial charge in [-0.25, -0.2) is 0 Å². The summed E-state index contributed by atoms with van der Waals surface area (Å²) in [5.41, 5.74) is 0.554. The number of ether oxygens (including phenoxy) is 1. The van der Waals surface area contributed by atoms with Crippen LogP contribution in [-0.2, 0) is 19.8 Å². The summed E-state index contributed by atoms with van der Waals surface area (Å²) in [6.45, 7) is -0.240. The van der Waals surface area contributed by atoms with Gasteiger partial charge in [0.15, 0.2) is 5.43 Å². The molecule has 1 aromatic heterocycles. The summed E-state index contributed by atoms with van der Waals surface area (Å²) in [6, 6.07) is 12.4. The first-order valence-corrected chi connectivity index (χ1v) is 8.04. The summed E-state index contributed by atoms with van der Waals surface area (Å²) in [6.07, 6.45) is -2.82. The van der Waals surface area contributed by atoms with Crippen LogP contribution in [-0.4, -0.2) is 9.67 Å². The third-order valence-electron chi connectivity index (χ3n) is 4.06. The van der Waals surface area contributed by atoms with Gasteiger partial charge in [-0.2, -0.15) is 13.2 Å². The van der Waals surface area contributed by atoms with Crippen LogP contribution in [0.1, 0.15) is 11.3 Å².